The van der Waals surface area contributed by atoms with E-state index in [0.29, 0.717) is 12.4 Å². The highest BCUT2D eigenvalue weighted by molar-refractivity contribution is 5.58. The zero-order chi connectivity index (χ0) is 18.1. The molecular weight excluding hydrogens is 331 g/mol. The Hall–Kier alpha value is -2.86. The van der Waals surface area contributed by atoms with Gasteiger partial charge in [-0.15, -0.1) is 0 Å². The summed E-state index contributed by atoms with van der Waals surface area (Å²) in [6.07, 6.45) is 2.62. The van der Waals surface area contributed by atoms with Crippen LogP contribution in [0.4, 0.5) is 4.39 Å². The van der Waals surface area contributed by atoms with Crippen LogP contribution in [0.2, 0.25) is 0 Å². The molecule has 0 atom stereocenters. The van der Waals surface area contributed by atoms with E-state index in [1.165, 1.54) is 12.1 Å². The fraction of sp³-hybridized carbons (Fsp3) is 0.250. The SMILES string of the molecule is Cc1nc2c(c(=O)[nH]1)CN(Cc1ccc(-c3ccc(F)cc3)nc1)CC2. The smallest absolute Gasteiger partial charge is 0.255 e. The van der Waals surface area contributed by atoms with Crippen LogP contribution in [0.1, 0.15) is 22.6 Å². The molecule has 132 valence electrons. The van der Waals surface area contributed by atoms with Gasteiger partial charge in [-0.05, 0) is 42.8 Å². The number of rotatable bonds is 3. The van der Waals surface area contributed by atoms with Crippen molar-refractivity contribution >= 4 is 0 Å². The molecule has 0 amide bonds. The predicted molar refractivity (Wildman–Crippen MR) is 97.0 cm³/mol. The van der Waals surface area contributed by atoms with Crippen LogP contribution in [0.25, 0.3) is 11.3 Å². The third-order valence-corrected chi connectivity index (χ3v) is 4.64. The molecule has 5 nitrogen and oxygen atoms in total. The molecule has 0 aliphatic carbocycles. The summed E-state index contributed by atoms with van der Waals surface area (Å²) >= 11 is 0. The Morgan fingerprint density at radius 2 is 2.00 bits per heavy atom. The zero-order valence-corrected chi connectivity index (χ0v) is 14.5. The van der Waals surface area contributed by atoms with E-state index in [0.717, 1.165) is 47.6 Å². The number of nitrogens with one attached hydrogen (secondary N) is 1. The quantitative estimate of drug-likeness (QED) is 0.789. The number of aromatic amines is 1. The number of aryl methyl sites for hydroxylation is 1. The van der Waals surface area contributed by atoms with Gasteiger partial charge in [0.15, 0.2) is 0 Å². The molecule has 0 radical (unpaired) electrons. The molecule has 26 heavy (non-hydrogen) atoms. The number of hydrogen-bond acceptors (Lipinski definition) is 4. The van der Waals surface area contributed by atoms with E-state index in [1.807, 2.05) is 25.3 Å². The van der Waals surface area contributed by atoms with Crippen LogP contribution in [0.15, 0.2) is 47.4 Å². The molecule has 0 unspecified atom stereocenters. The summed E-state index contributed by atoms with van der Waals surface area (Å²) in [6.45, 7) is 3.99. The normalized spacial score (nSPS) is 14.2. The van der Waals surface area contributed by atoms with Crippen LogP contribution < -0.4 is 5.56 Å². The third kappa shape index (κ3) is 3.41. The van der Waals surface area contributed by atoms with E-state index < -0.39 is 0 Å². The minimum absolute atomic E-state index is 0.0398. The average molecular weight is 350 g/mol. The molecule has 1 aromatic carbocycles. The van der Waals surface area contributed by atoms with Crippen LogP contribution >= 0.6 is 0 Å². The number of hydrogen-bond donors (Lipinski definition) is 1. The maximum absolute atomic E-state index is 13.0. The highest BCUT2D eigenvalue weighted by Crippen LogP contribution is 2.20. The van der Waals surface area contributed by atoms with Gasteiger partial charge >= 0.3 is 0 Å². The number of fused-ring (bicyclic) bond motifs is 1. The van der Waals surface area contributed by atoms with Crippen molar-refractivity contribution in [1.82, 2.24) is 19.9 Å². The summed E-state index contributed by atoms with van der Waals surface area (Å²) in [7, 11) is 0. The van der Waals surface area contributed by atoms with Crippen LogP contribution in [0.3, 0.4) is 0 Å². The summed E-state index contributed by atoms with van der Waals surface area (Å²) in [5.74, 6) is 0.415. The molecular formula is C20H19FN4O. The van der Waals surface area contributed by atoms with Crippen LogP contribution in [0.5, 0.6) is 0 Å². The molecule has 4 rings (SSSR count). The van der Waals surface area contributed by atoms with E-state index in [2.05, 4.69) is 19.9 Å². The minimum atomic E-state index is -0.254. The number of aromatic nitrogens is 3. The van der Waals surface area contributed by atoms with E-state index in [-0.39, 0.29) is 11.4 Å². The van der Waals surface area contributed by atoms with Crippen LogP contribution in [-0.4, -0.2) is 26.4 Å². The Morgan fingerprint density at radius 3 is 2.73 bits per heavy atom. The topological polar surface area (TPSA) is 61.9 Å². The summed E-state index contributed by atoms with van der Waals surface area (Å²) in [5, 5.41) is 0. The number of pyridine rings is 1. The Balaban J connectivity index is 1.48. The Kier molecular flexibility index (Phi) is 4.34. The van der Waals surface area contributed by atoms with Crippen LogP contribution in [0, 0.1) is 12.7 Å². The van der Waals surface area contributed by atoms with E-state index in [4.69, 9.17) is 0 Å². The van der Waals surface area contributed by atoms with E-state index in [9.17, 15) is 9.18 Å². The standard InChI is InChI=1S/C20H19FN4O/c1-13-23-19-8-9-25(12-17(19)20(26)24-13)11-14-2-7-18(22-10-14)15-3-5-16(21)6-4-15/h2-7,10H,8-9,11-12H2,1H3,(H,23,24,26). The lowest BCUT2D eigenvalue weighted by molar-refractivity contribution is 0.241. The average Bonchev–Trinajstić information content (AvgIpc) is 2.64. The molecule has 0 fully saturated rings. The monoisotopic (exact) mass is 350 g/mol. The first kappa shape index (κ1) is 16.6. The Bertz CT molecular complexity index is 980. The molecule has 0 saturated carbocycles. The van der Waals surface area contributed by atoms with Crippen LogP contribution in [-0.2, 0) is 19.5 Å². The third-order valence-electron chi connectivity index (χ3n) is 4.64. The fourth-order valence-corrected chi connectivity index (χ4v) is 3.31. The Morgan fingerprint density at radius 1 is 1.19 bits per heavy atom. The van der Waals surface area contributed by atoms with Crippen molar-refractivity contribution in [3.8, 4) is 11.3 Å². The molecule has 0 saturated heterocycles. The van der Waals surface area contributed by atoms with Gasteiger partial charge in [-0.1, -0.05) is 6.07 Å². The lowest BCUT2D eigenvalue weighted by Crippen LogP contribution is -2.35. The van der Waals surface area contributed by atoms with Gasteiger partial charge in [0.05, 0.1) is 17.0 Å². The first-order valence-corrected chi connectivity index (χ1v) is 8.60. The second-order valence-electron chi connectivity index (χ2n) is 6.60. The molecule has 3 aromatic rings. The van der Waals surface area contributed by atoms with Gasteiger partial charge in [0.1, 0.15) is 11.6 Å². The number of benzene rings is 1. The number of nitrogens with zero attached hydrogens (tertiary/aromatic N) is 3. The molecule has 0 bridgehead atoms. The summed E-state index contributed by atoms with van der Waals surface area (Å²) < 4.78 is 13.0. The van der Waals surface area contributed by atoms with Crippen molar-refractivity contribution in [3.05, 3.63) is 81.4 Å². The predicted octanol–water partition coefficient (Wildman–Crippen LogP) is 2.84. The Labute approximate surface area is 150 Å². The maximum Gasteiger partial charge on any atom is 0.255 e. The fourth-order valence-electron chi connectivity index (χ4n) is 3.31. The summed E-state index contributed by atoms with van der Waals surface area (Å²) in [5.41, 5.74) is 4.41. The van der Waals surface area contributed by atoms with Gasteiger partial charge in [0.25, 0.3) is 5.56 Å². The van der Waals surface area contributed by atoms with Gasteiger partial charge in [-0.2, -0.15) is 0 Å². The van der Waals surface area contributed by atoms with Gasteiger partial charge in [0, 0.05) is 37.8 Å². The molecule has 0 spiro atoms. The van der Waals surface area contributed by atoms with Gasteiger partial charge in [-0.3, -0.25) is 14.7 Å². The number of H-pyrrole nitrogens is 1. The molecule has 1 N–H and O–H groups in total. The highest BCUT2D eigenvalue weighted by Gasteiger charge is 2.20. The summed E-state index contributed by atoms with van der Waals surface area (Å²) in [4.78, 5) is 26.1. The van der Waals surface area contributed by atoms with Crippen molar-refractivity contribution in [2.45, 2.75) is 26.4 Å². The molecule has 6 heteroatoms. The van der Waals surface area contributed by atoms with Crippen molar-refractivity contribution in [2.75, 3.05) is 6.54 Å². The molecule has 1 aliphatic rings. The van der Waals surface area contributed by atoms with Gasteiger partial charge < -0.3 is 4.98 Å². The van der Waals surface area contributed by atoms with Crippen molar-refractivity contribution in [1.29, 1.82) is 0 Å². The minimum Gasteiger partial charge on any atom is -0.310 e. The van der Waals surface area contributed by atoms with Crippen molar-refractivity contribution in [2.24, 2.45) is 0 Å². The zero-order valence-electron chi connectivity index (χ0n) is 14.5. The van der Waals surface area contributed by atoms with Crippen molar-refractivity contribution in [3.63, 3.8) is 0 Å². The first-order valence-electron chi connectivity index (χ1n) is 8.60. The van der Waals surface area contributed by atoms with E-state index >= 15 is 0 Å². The number of halogens is 1. The molecule has 3 heterocycles. The second kappa shape index (κ2) is 6.80. The maximum atomic E-state index is 13.0. The van der Waals surface area contributed by atoms with Crippen molar-refractivity contribution < 1.29 is 4.39 Å². The molecule has 2 aromatic heterocycles. The van der Waals surface area contributed by atoms with E-state index in [1.54, 1.807) is 12.1 Å². The highest BCUT2D eigenvalue weighted by atomic mass is 19.1. The van der Waals surface area contributed by atoms with Gasteiger partial charge in [0.2, 0.25) is 0 Å². The lowest BCUT2D eigenvalue weighted by atomic mass is 10.1. The lowest BCUT2D eigenvalue weighted by Gasteiger charge is -2.27. The first-order chi connectivity index (χ1) is 12.6. The van der Waals surface area contributed by atoms with Gasteiger partial charge in [-0.25, -0.2) is 9.37 Å². The largest absolute Gasteiger partial charge is 0.310 e. The summed E-state index contributed by atoms with van der Waals surface area (Å²) in [6, 6.07) is 10.3. The molecule has 1 aliphatic heterocycles. The second-order valence-corrected chi connectivity index (χ2v) is 6.60.